The minimum Gasteiger partial charge on any atom is -0.465 e. The standard InChI is InChI=1S/C22H25N9O4.C12H18N8/c1-10(28-21(24)25)12-4-13(11(2)30-31-22(26)27)9-17(8-12)29-19(33)15-5-14(18(23)32)6-16(7-15)20(34)35-3;1-7(17-19-11(13)14)9-4-3-5-10(6-9)8(2)18-20-12(15)16/h4-9H,1-3H3,(H2,23,32)(H3,24,25)(H,29,33)(H4,26,27,31);3-6H,1-2H3,(H4,13,14,19)(H4,15,16,20)/b28-10+,30-11+;17-7+,18-8+. The number of hydrogen-bond donors (Lipinski definition) is 10. The first-order chi connectivity index (χ1) is 25.8. The van der Waals surface area contributed by atoms with Crippen molar-refractivity contribution in [2.75, 3.05) is 12.4 Å². The number of esters is 1. The third-order valence-electron chi connectivity index (χ3n) is 6.86. The summed E-state index contributed by atoms with van der Waals surface area (Å²) in [6, 6.07) is 16.2. The van der Waals surface area contributed by atoms with E-state index in [9.17, 15) is 14.4 Å². The molecular weight excluding hydrogens is 710 g/mol. The fraction of sp³-hybridized carbons (Fsp3) is 0.147. The molecule has 18 N–H and O–H groups in total. The van der Waals surface area contributed by atoms with E-state index in [1.165, 1.54) is 25.3 Å². The molecule has 0 spiro atoms. The number of carbonyl (C=O) groups excluding carboxylic acids is 3. The van der Waals surface area contributed by atoms with Crippen molar-refractivity contribution < 1.29 is 19.1 Å². The zero-order chi connectivity index (χ0) is 41.4. The van der Waals surface area contributed by atoms with E-state index in [0.29, 0.717) is 39.7 Å². The number of guanidine groups is 4. The molecule has 55 heavy (non-hydrogen) atoms. The van der Waals surface area contributed by atoms with Crippen molar-refractivity contribution >= 4 is 70.2 Å². The fourth-order valence-electron chi connectivity index (χ4n) is 4.24. The van der Waals surface area contributed by atoms with Crippen molar-refractivity contribution in [3.05, 3.63) is 99.6 Å². The molecule has 21 nitrogen and oxygen atoms in total. The van der Waals surface area contributed by atoms with Gasteiger partial charge in [0.1, 0.15) is 0 Å². The Morgan fingerprint density at radius 3 is 1.38 bits per heavy atom. The van der Waals surface area contributed by atoms with Gasteiger partial charge in [0.25, 0.3) is 5.91 Å². The first-order valence-corrected chi connectivity index (χ1v) is 15.7. The van der Waals surface area contributed by atoms with Crippen LogP contribution in [-0.4, -0.2) is 71.6 Å². The highest BCUT2D eigenvalue weighted by molar-refractivity contribution is 6.11. The molecule has 2 amide bonds. The lowest BCUT2D eigenvalue weighted by Crippen LogP contribution is -2.22. The number of ether oxygens (including phenoxy) is 1. The van der Waals surface area contributed by atoms with Gasteiger partial charge in [-0.15, -0.1) is 15.3 Å². The smallest absolute Gasteiger partial charge is 0.337 e. The summed E-state index contributed by atoms with van der Waals surface area (Å²) in [5.74, 6) is -3.02. The van der Waals surface area contributed by atoms with Gasteiger partial charge < -0.3 is 55.9 Å². The predicted molar refractivity (Wildman–Crippen MR) is 215 cm³/mol. The molecule has 0 bridgehead atoms. The number of amides is 2. The molecule has 0 saturated carbocycles. The van der Waals surface area contributed by atoms with Crippen LogP contribution in [0.3, 0.4) is 0 Å². The average molecular weight is 754 g/mol. The van der Waals surface area contributed by atoms with Crippen LogP contribution in [0.25, 0.3) is 0 Å². The SMILES string of the molecule is C/C(=N\N=C(N)N)c1cccc(/C(C)=N/N=C(N)N)c1.COC(=O)c1cc(C(N)=O)cc(C(=O)Nc2cc(/C(C)=N/N=C(N)N)cc(/C(C)=N/C(=N)N)c2)c1. The van der Waals surface area contributed by atoms with Gasteiger partial charge in [0.2, 0.25) is 29.7 Å². The first-order valence-electron chi connectivity index (χ1n) is 15.7. The minimum atomic E-state index is -0.822. The van der Waals surface area contributed by atoms with Crippen LogP contribution in [0, 0.1) is 5.41 Å². The van der Waals surface area contributed by atoms with Crippen LogP contribution in [0.2, 0.25) is 0 Å². The molecule has 0 atom stereocenters. The lowest BCUT2D eigenvalue weighted by molar-refractivity contribution is 0.0600. The van der Waals surface area contributed by atoms with Crippen LogP contribution >= 0.6 is 0 Å². The second-order valence-corrected chi connectivity index (χ2v) is 11.2. The fourth-order valence-corrected chi connectivity index (χ4v) is 4.24. The van der Waals surface area contributed by atoms with Crippen molar-refractivity contribution in [1.29, 1.82) is 5.41 Å². The van der Waals surface area contributed by atoms with Gasteiger partial charge in [0.05, 0.1) is 29.8 Å². The van der Waals surface area contributed by atoms with Crippen LogP contribution < -0.4 is 51.2 Å². The molecule has 3 aromatic rings. The van der Waals surface area contributed by atoms with E-state index in [1.807, 2.05) is 24.3 Å². The maximum Gasteiger partial charge on any atom is 0.337 e. The van der Waals surface area contributed by atoms with E-state index < -0.39 is 23.7 Å². The summed E-state index contributed by atoms with van der Waals surface area (Å²) in [6.45, 7) is 6.88. The molecule has 0 fully saturated rings. The number of nitrogens with two attached hydrogens (primary N) is 8. The largest absolute Gasteiger partial charge is 0.465 e. The third-order valence-corrected chi connectivity index (χ3v) is 6.86. The van der Waals surface area contributed by atoms with Gasteiger partial charge in [-0.2, -0.15) is 15.3 Å². The number of anilines is 1. The number of rotatable bonds is 11. The van der Waals surface area contributed by atoms with E-state index in [4.69, 9.17) is 51.3 Å². The number of carbonyl (C=O) groups is 3. The Bertz CT molecular complexity index is 2120. The number of methoxy groups -OCH3 is 1. The summed E-state index contributed by atoms with van der Waals surface area (Å²) in [5, 5.41) is 32.7. The zero-order valence-corrected chi connectivity index (χ0v) is 30.7. The molecule has 3 aromatic carbocycles. The van der Waals surface area contributed by atoms with E-state index in [1.54, 1.807) is 45.9 Å². The minimum absolute atomic E-state index is 0.00586. The molecular formula is C34H43N17O4. The van der Waals surface area contributed by atoms with Gasteiger partial charge in [-0.1, -0.05) is 18.2 Å². The Balaban J connectivity index is 0.000000443. The topological polar surface area (TPSA) is 391 Å². The van der Waals surface area contributed by atoms with Gasteiger partial charge in [-0.25, -0.2) is 9.79 Å². The molecule has 288 valence electrons. The summed E-state index contributed by atoms with van der Waals surface area (Å²) < 4.78 is 4.67. The van der Waals surface area contributed by atoms with Crippen LogP contribution in [0.1, 0.15) is 81.0 Å². The number of primary amides is 1. The number of nitrogens with one attached hydrogen (secondary N) is 2. The Labute approximate surface area is 315 Å². The summed E-state index contributed by atoms with van der Waals surface area (Å²) in [6.07, 6.45) is 0. The Morgan fingerprint density at radius 1 is 0.545 bits per heavy atom. The van der Waals surface area contributed by atoms with Gasteiger partial charge in [0.15, 0.2) is 0 Å². The lowest BCUT2D eigenvalue weighted by Gasteiger charge is -2.12. The van der Waals surface area contributed by atoms with Crippen molar-refractivity contribution in [2.24, 2.45) is 81.5 Å². The molecule has 3 rings (SSSR count). The molecule has 0 radical (unpaired) electrons. The molecule has 0 heterocycles. The summed E-state index contributed by atoms with van der Waals surface area (Å²) in [5.41, 5.74) is 47.5. The molecule has 0 saturated heterocycles. The lowest BCUT2D eigenvalue weighted by atomic mass is 10.0. The van der Waals surface area contributed by atoms with Gasteiger partial charge in [-0.05, 0) is 86.8 Å². The molecule has 0 aromatic heterocycles. The van der Waals surface area contributed by atoms with Crippen molar-refractivity contribution in [1.82, 2.24) is 0 Å². The van der Waals surface area contributed by atoms with Crippen LogP contribution in [0.15, 0.2) is 96.3 Å². The third kappa shape index (κ3) is 14.3. The quantitative estimate of drug-likeness (QED) is 0.0546. The highest BCUT2D eigenvalue weighted by Crippen LogP contribution is 2.20. The summed E-state index contributed by atoms with van der Waals surface area (Å²) >= 11 is 0. The van der Waals surface area contributed by atoms with Crippen molar-refractivity contribution in [3.8, 4) is 0 Å². The summed E-state index contributed by atoms with van der Waals surface area (Å²) in [7, 11) is 1.17. The normalized spacial score (nSPS) is 11.6. The molecule has 0 aliphatic carbocycles. The van der Waals surface area contributed by atoms with Gasteiger partial charge in [0, 0.05) is 28.1 Å². The maximum atomic E-state index is 13.0. The predicted octanol–water partition coefficient (Wildman–Crippen LogP) is 0.206. The molecule has 0 aliphatic rings. The number of nitrogens with zero attached hydrogens (tertiary/aromatic N) is 7. The molecule has 0 aliphatic heterocycles. The van der Waals surface area contributed by atoms with E-state index >= 15 is 0 Å². The Hall–Kier alpha value is -7.97. The van der Waals surface area contributed by atoms with E-state index in [0.717, 1.165) is 11.1 Å². The summed E-state index contributed by atoms with van der Waals surface area (Å²) in [4.78, 5) is 40.6. The van der Waals surface area contributed by atoms with Crippen molar-refractivity contribution in [3.63, 3.8) is 0 Å². The number of hydrogen-bond acceptors (Lipinski definition) is 11. The van der Waals surface area contributed by atoms with Crippen LogP contribution in [0.4, 0.5) is 5.69 Å². The van der Waals surface area contributed by atoms with E-state index in [2.05, 4.69) is 45.7 Å². The second kappa shape index (κ2) is 20.2. The highest BCUT2D eigenvalue weighted by atomic mass is 16.5. The maximum absolute atomic E-state index is 13.0. The van der Waals surface area contributed by atoms with Crippen molar-refractivity contribution in [2.45, 2.75) is 27.7 Å². The van der Waals surface area contributed by atoms with Crippen LogP contribution in [0.5, 0.6) is 0 Å². The molecule has 0 unspecified atom stereocenters. The second-order valence-electron chi connectivity index (χ2n) is 11.2. The average Bonchev–Trinajstić information content (AvgIpc) is 3.14. The van der Waals surface area contributed by atoms with Crippen LogP contribution in [-0.2, 0) is 4.74 Å². The zero-order valence-electron chi connectivity index (χ0n) is 30.7. The van der Waals surface area contributed by atoms with Gasteiger partial charge in [-0.3, -0.25) is 15.0 Å². The van der Waals surface area contributed by atoms with E-state index in [-0.39, 0.29) is 34.6 Å². The number of aliphatic imine (C=N–C) groups is 1. The first kappa shape index (κ1) is 43.2. The monoisotopic (exact) mass is 753 g/mol. The number of benzene rings is 3. The molecule has 21 heteroatoms. The Morgan fingerprint density at radius 2 is 0.945 bits per heavy atom. The van der Waals surface area contributed by atoms with Gasteiger partial charge >= 0.3 is 5.97 Å². The highest BCUT2D eigenvalue weighted by Gasteiger charge is 2.17. The Kier molecular flexibility index (Phi) is 15.8.